The second-order valence-corrected chi connectivity index (χ2v) is 6.76. The van der Waals surface area contributed by atoms with Crippen LogP contribution in [0.25, 0.3) is 22.2 Å². The SMILES string of the molecule is COc1ncnc(OC)c1-c1c[nH]c2nc(NC(=O)NC[C@@H](F)CN(C)C)ccc12. The van der Waals surface area contributed by atoms with E-state index in [1.54, 1.807) is 37.3 Å². The Bertz CT molecular complexity index is 1000. The highest BCUT2D eigenvalue weighted by atomic mass is 19.1. The lowest BCUT2D eigenvalue weighted by Crippen LogP contribution is -2.37. The number of nitrogens with one attached hydrogen (secondary N) is 3. The van der Waals surface area contributed by atoms with Gasteiger partial charge in [-0.1, -0.05) is 0 Å². The summed E-state index contributed by atoms with van der Waals surface area (Å²) in [5, 5.41) is 5.86. The van der Waals surface area contributed by atoms with Gasteiger partial charge in [-0.15, -0.1) is 0 Å². The Morgan fingerprint density at radius 3 is 2.57 bits per heavy atom. The normalized spacial score (nSPS) is 12.1. The number of nitrogens with zero attached hydrogens (tertiary/aromatic N) is 4. The van der Waals surface area contributed by atoms with Crippen LogP contribution >= 0.6 is 0 Å². The number of halogens is 1. The number of rotatable bonds is 8. The van der Waals surface area contributed by atoms with Crippen molar-refractivity contribution in [3.8, 4) is 22.9 Å². The fourth-order valence-electron chi connectivity index (χ4n) is 3.00. The number of H-pyrrole nitrogens is 1. The van der Waals surface area contributed by atoms with E-state index in [1.807, 2.05) is 0 Å². The van der Waals surface area contributed by atoms with Crippen LogP contribution in [0.2, 0.25) is 0 Å². The standard InChI is InChI=1S/C19H24FN7O3/c1-27(2)9-11(20)7-22-19(28)26-14-6-5-12-13(8-21-16(12)25-14)15-17(29-3)23-10-24-18(15)30-4/h5-6,8,10-11H,7,9H2,1-4H3,(H3,21,22,25,26,28)/t11-/m1/s1. The fraction of sp³-hybridized carbons (Fsp3) is 0.368. The van der Waals surface area contributed by atoms with Crippen LogP contribution in [-0.4, -0.2) is 78.4 Å². The van der Waals surface area contributed by atoms with E-state index in [0.717, 1.165) is 10.9 Å². The Morgan fingerprint density at radius 1 is 1.23 bits per heavy atom. The van der Waals surface area contributed by atoms with E-state index in [0.29, 0.717) is 28.8 Å². The van der Waals surface area contributed by atoms with Crippen LogP contribution in [0.4, 0.5) is 15.0 Å². The summed E-state index contributed by atoms with van der Waals surface area (Å²) in [6.45, 7) is 0.137. The molecule has 0 aromatic carbocycles. The van der Waals surface area contributed by atoms with Crippen molar-refractivity contribution in [3.05, 3.63) is 24.7 Å². The molecule has 2 amide bonds. The molecule has 0 aliphatic rings. The third kappa shape index (κ3) is 4.74. The molecule has 3 aromatic heterocycles. The van der Waals surface area contributed by atoms with Crippen molar-refractivity contribution in [1.82, 2.24) is 30.2 Å². The van der Waals surface area contributed by atoms with Gasteiger partial charge in [-0.25, -0.2) is 24.1 Å². The van der Waals surface area contributed by atoms with E-state index in [9.17, 15) is 9.18 Å². The minimum Gasteiger partial charge on any atom is -0.480 e. The molecule has 10 nitrogen and oxygen atoms in total. The summed E-state index contributed by atoms with van der Waals surface area (Å²) in [6, 6.07) is 2.91. The Morgan fingerprint density at radius 2 is 1.93 bits per heavy atom. The predicted molar refractivity (Wildman–Crippen MR) is 111 cm³/mol. The van der Waals surface area contributed by atoms with Gasteiger partial charge in [-0.05, 0) is 26.2 Å². The predicted octanol–water partition coefficient (Wildman–Crippen LogP) is 2.06. The van der Waals surface area contributed by atoms with E-state index < -0.39 is 12.2 Å². The first-order valence-corrected chi connectivity index (χ1v) is 9.18. The van der Waals surface area contributed by atoms with Gasteiger partial charge >= 0.3 is 6.03 Å². The maximum absolute atomic E-state index is 13.7. The molecule has 0 aliphatic heterocycles. The number of hydrogen-bond donors (Lipinski definition) is 3. The maximum atomic E-state index is 13.7. The van der Waals surface area contributed by atoms with Crippen LogP contribution in [0.1, 0.15) is 0 Å². The van der Waals surface area contributed by atoms with Crippen LogP contribution in [-0.2, 0) is 0 Å². The number of ether oxygens (including phenoxy) is 2. The smallest absolute Gasteiger partial charge is 0.320 e. The average molecular weight is 417 g/mol. The van der Waals surface area contributed by atoms with Crippen molar-refractivity contribution in [2.24, 2.45) is 0 Å². The molecule has 3 rings (SSSR count). The number of pyridine rings is 1. The van der Waals surface area contributed by atoms with Crippen molar-refractivity contribution in [1.29, 1.82) is 0 Å². The van der Waals surface area contributed by atoms with Crippen LogP contribution < -0.4 is 20.1 Å². The molecule has 160 valence electrons. The minimum absolute atomic E-state index is 0.0908. The second-order valence-electron chi connectivity index (χ2n) is 6.76. The molecule has 0 saturated heterocycles. The molecule has 3 aromatic rings. The number of methoxy groups -OCH3 is 2. The maximum Gasteiger partial charge on any atom is 0.320 e. The summed E-state index contributed by atoms with van der Waals surface area (Å²) in [7, 11) is 6.56. The van der Waals surface area contributed by atoms with Crippen LogP contribution in [0, 0.1) is 0 Å². The van der Waals surface area contributed by atoms with Gasteiger partial charge in [0.05, 0.1) is 20.8 Å². The van der Waals surface area contributed by atoms with Crippen LogP contribution in [0.5, 0.6) is 11.8 Å². The molecule has 3 N–H and O–H groups in total. The molecule has 0 unspecified atom stereocenters. The summed E-state index contributed by atoms with van der Waals surface area (Å²) in [5.74, 6) is 1.05. The molecular formula is C19H24FN7O3. The fourth-order valence-corrected chi connectivity index (χ4v) is 3.00. The molecule has 11 heteroatoms. The molecule has 0 radical (unpaired) electrons. The largest absolute Gasteiger partial charge is 0.480 e. The van der Waals surface area contributed by atoms with Crippen molar-refractivity contribution in [2.75, 3.05) is 46.7 Å². The Kier molecular flexibility index (Phi) is 6.62. The highest BCUT2D eigenvalue weighted by Gasteiger charge is 2.19. The number of amides is 2. The lowest BCUT2D eigenvalue weighted by molar-refractivity contribution is 0.228. The Hall–Kier alpha value is -3.47. The second kappa shape index (κ2) is 9.35. The van der Waals surface area contributed by atoms with Gasteiger partial charge in [0.1, 0.15) is 29.5 Å². The topological polar surface area (TPSA) is 117 Å². The zero-order valence-corrected chi connectivity index (χ0v) is 17.2. The van der Waals surface area contributed by atoms with Crippen molar-refractivity contribution < 1.29 is 18.7 Å². The van der Waals surface area contributed by atoms with Gasteiger partial charge in [-0.2, -0.15) is 0 Å². The van der Waals surface area contributed by atoms with Crippen LogP contribution in [0.15, 0.2) is 24.7 Å². The summed E-state index contributed by atoms with van der Waals surface area (Å²) in [6.07, 6.45) is 1.93. The molecule has 0 spiro atoms. The summed E-state index contributed by atoms with van der Waals surface area (Å²) < 4.78 is 24.4. The molecule has 0 saturated carbocycles. The highest BCUT2D eigenvalue weighted by Crippen LogP contribution is 2.38. The van der Waals surface area contributed by atoms with E-state index in [4.69, 9.17) is 9.47 Å². The highest BCUT2D eigenvalue weighted by molar-refractivity contribution is 5.98. The molecule has 30 heavy (non-hydrogen) atoms. The Balaban J connectivity index is 1.78. The number of aromatic nitrogens is 4. The monoisotopic (exact) mass is 417 g/mol. The van der Waals surface area contributed by atoms with Crippen LogP contribution in [0.3, 0.4) is 0 Å². The molecular weight excluding hydrogens is 393 g/mol. The first-order valence-electron chi connectivity index (χ1n) is 9.18. The van der Waals surface area contributed by atoms with Gasteiger partial charge in [0.25, 0.3) is 0 Å². The molecule has 1 atom stereocenters. The van der Waals surface area contributed by atoms with Gasteiger partial charge in [0.15, 0.2) is 0 Å². The Labute approximate surface area is 172 Å². The number of hydrogen-bond acceptors (Lipinski definition) is 7. The molecule has 0 fully saturated rings. The molecule has 0 bridgehead atoms. The van der Waals surface area contributed by atoms with Gasteiger partial charge < -0.3 is 24.7 Å². The van der Waals surface area contributed by atoms with E-state index in [2.05, 4.69) is 30.6 Å². The number of fused-ring (bicyclic) bond motifs is 1. The van der Waals surface area contributed by atoms with Gasteiger partial charge in [0.2, 0.25) is 11.8 Å². The van der Waals surface area contributed by atoms with Gasteiger partial charge in [-0.3, -0.25) is 5.32 Å². The van der Waals surface area contributed by atoms with Crippen molar-refractivity contribution in [3.63, 3.8) is 0 Å². The van der Waals surface area contributed by atoms with Crippen molar-refractivity contribution >= 4 is 22.9 Å². The van der Waals surface area contributed by atoms with E-state index in [-0.39, 0.29) is 13.1 Å². The number of carbonyl (C=O) groups is 1. The number of alkyl halides is 1. The third-order valence-electron chi connectivity index (χ3n) is 4.26. The number of urea groups is 1. The van der Waals surface area contributed by atoms with E-state index in [1.165, 1.54) is 20.5 Å². The number of carbonyl (C=O) groups excluding carboxylic acids is 1. The first kappa shape index (κ1) is 21.2. The summed E-state index contributed by atoms with van der Waals surface area (Å²) in [5.41, 5.74) is 1.86. The molecule has 0 aliphatic carbocycles. The quantitative estimate of drug-likeness (QED) is 0.513. The number of anilines is 1. The zero-order valence-electron chi connectivity index (χ0n) is 17.2. The number of aromatic amines is 1. The molecule has 3 heterocycles. The average Bonchev–Trinajstić information content (AvgIpc) is 3.13. The minimum atomic E-state index is -1.16. The summed E-state index contributed by atoms with van der Waals surface area (Å²) in [4.78, 5) is 29.5. The lowest BCUT2D eigenvalue weighted by Gasteiger charge is -2.14. The van der Waals surface area contributed by atoms with E-state index >= 15 is 0 Å². The summed E-state index contributed by atoms with van der Waals surface area (Å²) >= 11 is 0. The first-order chi connectivity index (χ1) is 14.4. The van der Waals surface area contributed by atoms with Crippen molar-refractivity contribution in [2.45, 2.75) is 6.17 Å². The van der Waals surface area contributed by atoms with Gasteiger partial charge in [0, 0.05) is 23.7 Å². The zero-order chi connectivity index (χ0) is 21.7. The third-order valence-corrected chi connectivity index (χ3v) is 4.26. The lowest BCUT2D eigenvalue weighted by atomic mass is 10.1.